The van der Waals surface area contributed by atoms with Gasteiger partial charge in [-0.2, -0.15) is 0 Å². The highest BCUT2D eigenvalue weighted by Gasteiger charge is 2.61. The molecule has 5 atom stereocenters. The summed E-state index contributed by atoms with van der Waals surface area (Å²) in [6.07, 6.45) is 6.22. The normalized spacial score (nSPS) is 26.1. The third kappa shape index (κ3) is 8.10. The molecule has 1 aromatic heterocycles. The maximum atomic E-state index is 14.4. The lowest BCUT2D eigenvalue weighted by atomic mass is 10.0. The van der Waals surface area contributed by atoms with E-state index in [4.69, 9.17) is 19.2 Å². The van der Waals surface area contributed by atoms with E-state index in [1.165, 1.54) is 4.90 Å². The van der Waals surface area contributed by atoms with Gasteiger partial charge in [-0.3, -0.25) is 9.59 Å². The van der Waals surface area contributed by atoms with Gasteiger partial charge in [-0.25, -0.2) is 14.6 Å². The first kappa shape index (κ1) is 35.7. The second-order valence-corrected chi connectivity index (χ2v) is 14.6. The van der Waals surface area contributed by atoms with Crippen LogP contribution in [-0.2, 0) is 19.1 Å². The number of hydrogen-bond donors (Lipinski definition) is 3. The smallest absolute Gasteiger partial charge is 0.408 e. The predicted octanol–water partition coefficient (Wildman–Crippen LogP) is 5.63. The van der Waals surface area contributed by atoms with Crippen molar-refractivity contribution in [3.05, 3.63) is 66.7 Å². The number of benzene rings is 2. The first-order valence-corrected chi connectivity index (χ1v) is 17.6. The molecule has 270 valence electrons. The van der Waals surface area contributed by atoms with Crippen LogP contribution in [0, 0.1) is 5.92 Å². The van der Waals surface area contributed by atoms with Crippen LogP contribution in [0.3, 0.4) is 0 Å². The number of carboxylic acids is 1. The number of amides is 3. The molecule has 2 aliphatic heterocycles. The third-order valence-corrected chi connectivity index (χ3v) is 9.65. The summed E-state index contributed by atoms with van der Waals surface area (Å²) in [7, 11) is 1.58. The number of aromatic nitrogens is 1. The lowest BCUT2D eigenvalue weighted by molar-refractivity contribution is -0.145. The zero-order chi connectivity index (χ0) is 36.3. The Morgan fingerprint density at radius 3 is 2.57 bits per heavy atom. The molecule has 1 aliphatic carbocycles. The molecule has 3 heterocycles. The summed E-state index contributed by atoms with van der Waals surface area (Å²) in [5.74, 6) is -1.35. The number of carbonyl (C=O) groups excluding carboxylic acids is 3. The van der Waals surface area contributed by atoms with Crippen molar-refractivity contribution in [3.63, 3.8) is 0 Å². The van der Waals surface area contributed by atoms with Crippen molar-refractivity contribution in [3.8, 4) is 22.8 Å². The Morgan fingerprint density at radius 2 is 1.84 bits per heavy atom. The molecule has 12 nitrogen and oxygen atoms in total. The molecular formula is C39H46N4O8. The lowest BCUT2D eigenvalue weighted by Gasteiger charge is -2.30. The molecule has 1 saturated carbocycles. The molecule has 2 fully saturated rings. The topological polar surface area (TPSA) is 156 Å². The number of nitrogens with one attached hydrogen (secondary N) is 2. The zero-order valence-corrected chi connectivity index (χ0v) is 29.5. The number of alkyl carbamates (subject to hydrolysis) is 1. The first-order valence-electron chi connectivity index (χ1n) is 17.6. The second-order valence-electron chi connectivity index (χ2n) is 14.6. The Labute approximate surface area is 297 Å². The molecule has 2 unspecified atom stereocenters. The zero-order valence-electron chi connectivity index (χ0n) is 29.5. The number of hydrogen-bond acceptors (Lipinski definition) is 8. The fourth-order valence-corrected chi connectivity index (χ4v) is 6.93. The van der Waals surface area contributed by atoms with Gasteiger partial charge in [0.25, 0.3) is 0 Å². The van der Waals surface area contributed by atoms with E-state index in [1.54, 1.807) is 27.9 Å². The van der Waals surface area contributed by atoms with Crippen molar-refractivity contribution in [2.75, 3.05) is 13.7 Å². The molecule has 3 aromatic rings. The van der Waals surface area contributed by atoms with Crippen LogP contribution in [0.4, 0.5) is 4.79 Å². The maximum absolute atomic E-state index is 14.4. The maximum Gasteiger partial charge on any atom is 0.408 e. The Balaban J connectivity index is 1.34. The van der Waals surface area contributed by atoms with Gasteiger partial charge in [0.15, 0.2) is 0 Å². The summed E-state index contributed by atoms with van der Waals surface area (Å²) in [6.45, 7) is 5.26. The molecule has 0 spiro atoms. The minimum Gasteiger partial charge on any atom is -0.497 e. The van der Waals surface area contributed by atoms with Crippen molar-refractivity contribution >= 4 is 34.8 Å². The molecule has 3 aliphatic rings. The van der Waals surface area contributed by atoms with E-state index in [-0.39, 0.29) is 25.3 Å². The van der Waals surface area contributed by atoms with Crippen LogP contribution in [-0.4, -0.2) is 81.8 Å². The molecule has 0 radical (unpaired) electrons. The Kier molecular flexibility index (Phi) is 10.2. The standard InChI is InChI=1S/C39H46N4O8/c1-38(2,3)51-37(48)41-29-16-12-7-5-6-11-15-25-22-39(25,36(46)47)42-34(44)32-20-27(23-43(32)35(29)45)50-33-21-30(24-13-9-8-10-14-24)40-31-19-26(49-4)17-18-28(31)33/h8-11,13-15,17-19,21,25,27,29,32H,5-7,12,16,20,22-23H2,1-4H3,(H,41,48)(H,42,44)(H,46,47)/b15-11-/t25-,27+,29?,32?,39+/m0/s1. The van der Waals surface area contributed by atoms with Crippen LogP contribution in [0.5, 0.6) is 11.5 Å². The van der Waals surface area contributed by atoms with E-state index in [2.05, 4.69) is 10.6 Å². The van der Waals surface area contributed by atoms with Crippen molar-refractivity contribution in [2.45, 2.75) is 95.0 Å². The number of aliphatic carboxylic acids is 1. The highest BCUT2D eigenvalue weighted by molar-refractivity contribution is 5.96. The Bertz CT molecular complexity index is 1820. The number of rotatable bonds is 6. The van der Waals surface area contributed by atoms with E-state index in [0.717, 1.165) is 30.2 Å². The van der Waals surface area contributed by atoms with Crippen LogP contribution in [0.1, 0.15) is 65.7 Å². The molecule has 0 bridgehead atoms. The molecular weight excluding hydrogens is 652 g/mol. The van der Waals surface area contributed by atoms with Crippen LogP contribution in [0.25, 0.3) is 22.2 Å². The Hall–Kier alpha value is -5.13. The van der Waals surface area contributed by atoms with E-state index < -0.39 is 53.2 Å². The number of carboxylic acid groups (broad SMARTS) is 1. The SMILES string of the molecule is COc1ccc2c(O[C@@H]3CC4C(=O)N[C@]5(C(=O)O)C[C@@H]5/C=C\CCCCCC(NC(=O)OC(C)(C)C)C(=O)N4C3)cc(-c3ccccc3)nc2c1. The third-order valence-electron chi connectivity index (χ3n) is 9.65. The molecule has 3 amide bonds. The van der Waals surface area contributed by atoms with Gasteiger partial charge in [0.05, 0.1) is 24.9 Å². The number of nitrogens with zero attached hydrogens (tertiary/aromatic N) is 2. The predicted molar refractivity (Wildman–Crippen MR) is 190 cm³/mol. The Morgan fingerprint density at radius 1 is 1.06 bits per heavy atom. The number of ether oxygens (including phenoxy) is 3. The average molecular weight is 699 g/mol. The number of methoxy groups -OCH3 is 1. The minimum absolute atomic E-state index is 0.0352. The molecule has 51 heavy (non-hydrogen) atoms. The van der Waals surface area contributed by atoms with E-state index in [0.29, 0.717) is 35.6 Å². The highest BCUT2D eigenvalue weighted by atomic mass is 16.6. The highest BCUT2D eigenvalue weighted by Crippen LogP contribution is 2.45. The molecule has 3 N–H and O–H groups in total. The van der Waals surface area contributed by atoms with Crippen molar-refractivity contribution in [1.29, 1.82) is 0 Å². The minimum atomic E-state index is -1.44. The summed E-state index contributed by atoms with van der Waals surface area (Å²) in [4.78, 5) is 60.2. The lowest BCUT2D eigenvalue weighted by Crippen LogP contribution is -2.56. The quantitative estimate of drug-likeness (QED) is 0.278. The number of allylic oxidation sites excluding steroid dienone is 1. The van der Waals surface area contributed by atoms with Gasteiger partial charge in [-0.05, 0) is 58.6 Å². The molecule has 12 heteroatoms. The summed E-state index contributed by atoms with van der Waals surface area (Å²) >= 11 is 0. The van der Waals surface area contributed by atoms with Gasteiger partial charge in [-0.15, -0.1) is 0 Å². The van der Waals surface area contributed by atoms with Gasteiger partial charge in [0.2, 0.25) is 11.8 Å². The van der Waals surface area contributed by atoms with Crippen molar-refractivity contribution in [2.24, 2.45) is 5.92 Å². The van der Waals surface area contributed by atoms with E-state index >= 15 is 0 Å². The van der Waals surface area contributed by atoms with Crippen LogP contribution >= 0.6 is 0 Å². The summed E-state index contributed by atoms with van der Waals surface area (Å²) in [6, 6.07) is 15.0. The van der Waals surface area contributed by atoms with Gasteiger partial charge >= 0.3 is 12.1 Å². The second kappa shape index (κ2) is 14.6. The average Bonchev–Trinajstić information content (AvgIpc) is 3.63. The molecule has 2 aromatic carbocycles. The number of pyridine rings is 1. The fraction of sp³-hybridized carbons (Fsp3) is 0.462. The van der Waals surface area contributed by atoms with Crippen LogP contribution < -0.4 is 20.1 Å². The van der Waals surface area contributed by atoms with E-state index in [9.17, 15) is 24.3 Å². The fourth-order valence-electron chi connectivity index (χ4n) is 6.93. The number of carbonyl (C=O) groups is 4. The van der Waals surface area contributed by atoms with Crippen LogP contribution in [0.2, 0.25) is 0 Å². The largest absolute Gasteiger partial charge is 0.497 e. The van der Waals surface area contributed by atoms with Crippen LogP contribution in [0.15, 0.2) is 66.7 Å². The summed E-state index contributed by atoms with van der Waals surface area (Å²) < 4.78 is 17.6. The van der Waals surface area contributed by atoms with Gasteiger partial charge in [0.1, 0.15) is 40.8 Å². The summed E-state index contributed by atoms with van der Waals surface area (Å²) in [5.41, 5.74) is -0.0312. The molecule has 6 rings (SSSR count). The van der Waals surface area contributed by atoms with Crippen molar-refractivity contribution < 1.29 is 38.5 Å². The first-order chi connectivity index (χ1) is 24.4. The summed E-state index contributed by atoms with van der Waals surface area (Å²) in [5, 5.41) is 16.5. The van der Waals surface area contributed by atoms with Gasteiger partial charge in [0, 0.05) is 35.4 Å². The van der Waals surface area contributed by atoms with Crippen molar-refractivity contribution in [1.82, 2.24) is 20.5 Å². The van der Waals surface area contributed by atoms with Gasteiger partial charge < -0.3 is 34.9 Å². The molecule has 1 saturated heterocycles. The number of fused-ring (bicyclic) bond motifs is 3. The monoisotopic (exact) mass is 698 g/mol. The van der Waals surface area contributed by atoms with E-state index in [1.807, 2.05) is 66.7 Å². The van der Waals surface area contributed by atoms with Gasteiger partial charge in [-0.1, -0.05) is 55.3 Å².